The number of carbonyl (C=O) groups is 1. The lowest BCUT2D eigenvalue weighted by molar-refractivity contribution is -0.120. The van der Waals surface area contributed by atoms with E-state index in [1.165, 1.54) is 0 Å². The summed E-state index contributed by atoms with van der Waals surface area (Å²) in [6.07, 6.45) is 0.367. The minimum absolute atomic E-state index is 0.0370. The Balaban J connectivity index is 2.75. The molecule has 17 heavy (non-hydrogen) atoms. The minimum atomic E-state index is -0.0370. The first-order chi connectivity index (χ1) is 8.06. The summed E-state index contributed by atoms with van der Waals surface area (Å²) >= 11 is 0. The molecule has 6 nitrogen and oxygen atoms in total. The molecular formula is C11H15N5O. The molecule has 1 amide bonds. The van der Waals surface area contributed by atoms with Gasteiger partial charge < -0.3 is 10.2 Å². The maximum atomic E-state index is 11.1. The van der Waals surface area contributed by atoms with E-state index in [4.69, 9.17) is 5.26 Å². The van der Waals surface area contributed by atoms with Crippen molar-refractivity contribution in [1.29, 1.82) is 5.26 Å². The van der Waals surface area contributed by atoms with Gasteiger partial charge >= 0.3 is 0 Å². The number of amides is 1. The number of aromatic nitrogens is 2. The Morgan fingerprint density at radius 3 is 2.88 bits per heavy atom. The standard InChI is InChI=1S/C11H15N5O/c1-8-6-9(7-12)15-11(14-8)16(3)5-4-10(17)13-2/h6H,4-5H2,1-3H3,(H,13,17). The first-order valence-electron chi connectivity index (χ1n) is 5.24. The summed E-state index contributed by atoms with van der Waals surface area (Å²) in [5, 5.41) is 11.3. The van der Waals surface area contributed by atoms with E-state index >= 15 is 0 Å². The second-order valence-electron chi connectivity index (χ2n) is 3.65. The Kier molecular flexibility index (Phi) is 4.40. The Hall–Kier alpha value is -2.16. The van der Waals surface area contributed by atoms with Gasteiger partial charge in [-0.15, -0.1) is 0 Å². The van der Waals surface area contributed by atoms with Crippen LogP contribution in [-0.2, 0) is 4.79 Å². The van der Waals surface area contributed by atoms with Gasteiger partial charge in [0.1, 0.15) is 11.8 Å². The van der Waals surface area contributed by atoms with Crippen molar-refractivity contribution in [1.82, 2.24) is 15.3 Å². The lowest BCUT2D eigenvalue weighted by Gasteiger charge is -2.16. The predicted octanol–water partition coefficient (Wildman–Crippen LogP) is 0.229. The molecule has 0 fully saturated rings. The number of carbonyl (C=O) groups excluding carboxylic acids is 1. The van der Waals surface area contributed by atoms with E-state index in [1.54, 1.807) is 32.0 Å². The summed E-state index contributed by atoms with van der Waals surface area (Å²) in [7, 11) is 3.39. The molecular weight excluding hydrogens is 218 g/mol. The van der Waals surface area contributed by atoms with E-state index in [2.05, 4.69) is 15.3 Å². The zero-order valence-electron chi connectivity index (χ0n) is 10.2. The monoisotopic (exact) mass is 233 g/mol. The molecule has 0 saturated heterocycles. The van der Waals surface area contributed by atoms with Gasteiger partial charge in [0.15, 0.2) is 0 Å². The van der Waals surface area contributed by atoms with Crippen molar-refractivity contribution in [3.63, 3.8) is 0 Å². The van der Waals surface area contributed by atoms with Crippen molar-refractivity contribution in [2.75, 3.05) is 25.5 Å². The second kappa shape index (κ2) is 5.80. The number of nitriles is 1. The number of rotatable bonds is 4. The fourth-order valence-corrected chi connectivity index (χ4v) is 1.28. The number of nitrogens with zero attached hydrogens (tertiary/aromatic N) is 4. The molecule has 0 saturated carbocycles. The Labute approximate surface area is 100 Å². The summed E-state index contributed by atoms with van der Waals surface area (Å²) in [6.45, 7) is 2.31. The average molecular weight is 233 g/mol. The smallest absolute Gasteiger partial charge is 0.226 e. The lowest BCUT2D eigenvalue weighted by Crippen LogP contribution is -2.27. The zero-order chi connectivity index (χ0) is 12.8. The van der Waals surface area contributed by atoms with Crippen molar-refractivity contribution in [3.05, 3.63) is 17.5 Å². The normalized spacial score (nSPS) is 9.53. The first kappa shape index (κ1) is 12.9. The largest absolute Gasteiger partial charge is 0.359 e. The van der Waals surface area contributed by atoms with E-state index in [9.17, 15) is 4.79 Å². The van der Waals surface area contributed by atoms with Crippen LogP contribution in [0, 0.1) is 18.3 Å². The summed E-state index contributed by atoms with van der Waals surface area (Å²) in [5.41, 5.74) is 1.07. The average Bonchev–Trinajstić information content (AvgIpc) is 2.34. The highest BCUT2D eigenvalue weighted by Crippen LogP contribution is 2.08. The number of hydrogen-bond acceptors (Lipinski definition) is 5. The van der Waals surface area contributed by atoms with Gasteiger partial charge in [-0.2, -0.15) is 5.26 Å². The highest BCUT2D eigenvalue weighted by Gasteiger charge is 2.08. The molecule has 1 aromatic heterocycles. The van der Waals surface area contributed by atoms with E-state index in [1.807, 2.05) is 6.07 Å². The number of nitrogens with one attached hydrogen (secondary N) is 1. The predicted molar refractivity (Wildman–Crippen MR) is 63.4 cm³/mol. The highest BCUT2D eigenvalue weighted by molar-refractivity contribution is 5.76. The maximum absolute atomic E-state index is 11.1. The molecule has 1 aromatic rings. The number of hydrogen-bond donors (Lipinski definition) is 1. The van der Waals surface area contributed by atoms with Gasteiger partial charge in [-0.05, 0) is 13.0 Å². The molecule has 0 unspecified atom stereocenters. The fourth-order valence-electron chi connectivity index (χ4n) is 1.28. The lowest BCUT2D eigenvalue weighted by atomic mass is 10.3. The van der Waals surface area contributed by atoms with Gasteiger partial charge in [-0.25, -0.2) is 9.97 Å². The van der Waals surface area contributed by atoms with Gasteiger partial charge in [-0.3, -0.25) is 4.79 Å². The molecule has 0 aliphatic heterocycles. The third-order valence-corrected chi connectivity index (χ3v) is 2.25. The van der Waals surface area contributed by atoms with Gasteiger partial charge in [0.05, 0.1) is 0 Å². The van der Waals surface area contributed by atoms with E-state index in [0.29, 0.717) is 24.6 Å². The van der Waals surface area contributed by atoms with Crippen LogP contribution < -0.4 is 10.2 Å². The molecule has 0 atom stereocenters. The van der Waals surface area contributed by atoms with Crippen molar-refractivity contribution >= 4 is 11.9 Å². The van der Waals surface area contributed by atoms with Crippen LogP contribution in [0.5, 0.6) is 0 Å². The third kappa shape index (κ3) is 3.72. The fraction of sp³-hybridized carbons (Fsp3) is 0.455. The molecule has 1 rings (SSSR count). The third-order valence-electron chi connectivity index (χ3n) is 2.25. The van der Waals surface area contributed by atoms with Crippen LogP contribution in [0.4, 0.5) is 5.95 Å². The van der Waals surface area contributed by atoms with Crippen LogP contribution >= 0.6 is 0 Å². The Bertz CT molecular complexity index is 452. The van der Waals surface area contributed by atoms with Crippen molar-refractivity contribution in [2.45, 2.75) is 13.3 Å². The summed E-state index contributed by atoms with van der Waals surface area (Å²) < 4.78 is 0. The van der Waals surface area contributed by atoms with Gasteiger partial charge in [0, 0.05) is 32.8 Å². The molecule has 6 heteroatoms. The first-order valence-corrected chi connectivity index (χ1v) is 5.24. The quantitative estimate of drug-likeness (QED) is 0.805. The maximum Gasteiger partial charge on any atom is 0.226 e. The Morgan fingerprint density at radius 2 is 2.29 bits per heavy atom. The molecule has 0 bridgehead atoms. The molecule has 0 spiro atoms. The van der Waals surface area contributed by atoms with Crippen LogP contribution in [0.15, 0.2) is 6.07 Å². The molecule has 1 N–H and O–H groups in total. The highest BCUT2D eigenvalue weighted by atomic mass is 16.1. The van der Waals surface area contributed by atoms with Crippen molar-refractivity contribution < 1.29 is 4.79 Å². The molecule has 0 aliphatic rings. The SMILES string of the molecule is CNC(=O)CCN(C)c1nc(C)cc(C#N)n1. The van der Waals surface area contributed by atoms with Crippen LogP contribution in [-0.4, -0.2) is 36.5 Å². The van der Waals surface area contributed by atoms with E-state index in [0.717, 1.165) is 5.69 Å². The van der Waals surface area contributed by atoms with Gasteiger partial charge in [-0.1, -0.05) is 0 Å². The van der Waals surface area contributed by atoms with E-state index < -0.39 is 0 Å². The molecule has 0 aliphatic carbocycles. The van der Waals surface area contributed by atoms with Gasteiger partial charge in [0.25, 0.3) is 0 Å². The summed E-state index contributed by atoms with van der Waals surface area (Å²) in [4.78, 5) is 21.2. The molecule has 90 valence electrons. The van der Waals surface area contributed by atoms with Crippen LogP contribution in [0.25, 0.3) is 0 Å². The van der Waals surface area contributed by atoms with Crippen molar-refractivity contribution in [2.24, 2.45) is 0 Å². The topological polar surface area (TPSA) is 81.9 Å². The summed E-state index contributed by atoms with van der Waals surface area (Å²) in [5.74, 6) is 0.426. The minimum Gasteiger partial charge on any atom is -0.359 e. The van der Waals surface area contributed by atoms with Crippen LogP contribution in [0.1, 0.15) is 17.8 Å². The van der Waals surface area contributed by atoms with Crippen LogP contribution in [0.3, 0.4) is 0 Å². The number of anilines is 1. The van der Waals surface area contributed by atoms with E-state index in [-0.39, 0.29) is 5.91 Å². The molecule has 0 radical (unpaired) electrons. The number of aryl methyl sites for hydroxylation is 1. The van der Waals surface area contributed by atoms with Crippen LogP contribution in [0.2, 0.25) is 0 Å². The van der Waals surface area contributed by atoms with Gasteiger partial charge in [0.2, 0.25) is 11.9 Å². The molecule has 0 aromatic carbocycles. The zero-order valence-corrected chi connectivity index (χ0v) is 10.2. The summed E-state index contributed by atoms with van der Waals surface area (Å²) in [6, 6.07) is 3.60. The Morgan fingerprint density at radius 1 is 1.59 bits per heavy atom. The molecule has 1 heterocycles. The second-order valence-corrected chi connectivity index (χ2v) is 3.65. The van der Waals surface area contributed by atoms with Crippen molar-refractivity contribution in [3.8, 4) is 6.07 Å².